The van der Waals surface area contributed by atoms with E-state index in [4.69, 9.17) is 10.2 Å². The molecule has 7 nitrogen and oxygen atoms in total. The number of rotatable bonds is 4. The first-order chi connectivity index (χ1) is 12.6. The average Bonchev–Trinajstić information content (AvgIpc) is 3.31. The van der Waals surface area contributed by atoms with Crippen molar-refractivity contribution in [1.82, 2.24) is 10.2 Å². The summed E-state index contributed by atoms with van der Waals surface area (Å²) in [7, 11) is 0. The van der Waals surface area contributed by atoms with Crippen molar-refractivity contribution in [2.75, 3.05) is 5.32 Å². The summed E-state index contributed by atoms with van der Waals surface area (Å²) < 4.78 is 5.05. The topological polar surface area (TPSA) is 114 Å². The minimum absolute atomic E-state index is 0.0194. The number of aromatic amines is 1. The van der Waals surface area contributed by atoms with Gasteiger partial charge in [0.15, 0.2) is 11.6 Å². The molecule has 4 N–H and O–H groups in total. The molecule has 4 rings (SSSR count). The number of H-pyrrole nitrogens is 1. The van der Waals surface area contributed by atoms with E-state index in [1.54, 1.807) is 6.07 Å². The highest BCUT2D eigenvalue weighted by molar-refractivity contribution is 6.04. The van der Waals surface area contributed by atoms with Crippen molar-refractivity contribution in [3.63, 3.8) is 0 Å². The van der Waals surface area contributed by atoms with Crippen LogP contribution in [0.15, 0.2) is 65.3 Å². The van der Waals surface area contributed by atoms with Crippen LogP contribution in [0.25, 0.3) is 22.0 Å². The van der Waals surface area contributed by atoms with Crippen molar-refractivity contribution in [2.24, 2.45) is 5.73 Å². The van der Waals surface area contributed by atoms with Gasteiger partial charge in [0.25, 0.3) is 11.8 Å². The summed E-state index contributed by atoms with van der Waals surface area (Å²) in [6.45, 7) is 0. The van der Waals surface area contributed by atoms with E-state index < -0.39 is 11.8 Å². The van der Waals surface area contributed by atoms with Crippen molar-refractivity contribution in [3.05, 3.63) is 72.2 Å². The van der Waals surface area contributed by atoms with Gasteiger partial charge in [0, 0.05) is 17.7 Å². The van der Waals surface area contributed by atoms with Gasteiger partial charge in [-0.3, -0.25) is 14.7 Å². The summed E-state index contributed by atoms with van der Waals surface area (Å²) in [6.07, 6.45) is 1.14. The lowest BCUT2D eigenvalue weighted by Crippen LogP contribution is -2.12. The quantitative estimate of drug-likeness (QED) is 0.526. The maximum Gasteiger partial charge on any atom is 0.292 e. The number of nitrogens with two attached hydrogens (primary N) is 1. The fourth-order valence-corrected chi connectivity index (χ4v) is 2.65. The number of anilines is 1. The molecule has 0 unspecified atom stereocenters. The average molecular weight is 346 g/mol. The Morgan fingerprint density at radius 1 is 1.04 bits per heavy atom. The van der Waals surface area contributed by atoms with E-state index in [1.807, 2.05) is 42.5 Å². The van der Waals surface area contributed by atoms with Crippen LogP contribution < -0.4 is 11.1 Å². The van der Waals surface area contributed by atoms with Gasteiger partial charge in [0.2, 0.25) is 0 Å². The van der Waals surface area contributed by atoms with Gasteiger partial charge in [0.1, 0.15) is 6.26 Å². The van der Waals surface area contributed by atoms with Gasteiger partial charge in [-0.05, 0) is 16.8 Å². The summed E-state index contributed by atoms with van der Waals surface area (Å²) >= 11 is 0. The van der Waals surface area contributed by atoms with Gasteiger partial charge in [-0.2, -0.15) is 5.10 Å². The zero-order valence-corrected chi connectivity index (χ0v) is 13.5. The first kappa shape index (κ1) is 15.6. The van der Waals surface area contributed by atoms with Crippen LogP contribution in [0.2, 0.25) is 0 Å². The van der Waals surface area contributed by atoms with Crippen LogP contribution in [-0.2, 0) is 0 Å². The lowest BCUT2D eigenvalue weighted by atomic mass is 10.1. The van der Waals surface area contributed by atoms with Crippen LogP contribution >= 0.6 is 0 Å². The minimum atomic E-state index is -0.661. The number of furan rings is 1. The third-order valence-electron chi connectivity index (χ3n) is 3.99. The molecule has 0 fully saturated rings. The summed E-state index contributed by atoms with van der Waals surface area (Å²) in [6, 6.07) is 17.1. The number of fused-ring (bicyclic) bond motifs is 1. The Morgan fingerprint density at radius 3 is 2.62 bits per heavy atom. The van der Waals surface area contributed by atoms with Crippen LogP contribution in [0.4, 0.5) is 5.82 Å². The fourth-order valence-electron chi connectivity index (χ4n) is 2.65. The van der Waals surface area contributed by atoms with E-state index in [-0.39, 0.29) is 11.3 Å². The van der Waals surface area contributed by atoms with Crippen molar-refractivity contribution in [3.8, 4) is 11.3 Å². The maximum absolute atomic E-state index is 12.2. The number of carbonyl (C=O) groups is 2. The van der Waals surface area contributed by atoms with Gasteiger partial charge in [-0.25, -0.2) is 0 Å². The van der Waals surface area contributed by atoms with E-state index in [0.29, 0.717) is 5.82 Å². The normalized spacial score (nSPS) is 10.8. The van der Waals surface area contributed by atoms with Crippen LogP contribution in [0.1, 0.15) is 20.9 Å². The van der Waals surface area contributed by atoms with Gasteiger partial charge in [-0.15, -0.1) is 0 Å². The number of aromatic nitrogens is 2. The molecular formula is C19H14N4O3. The van der Waals surface area contributed by atoms with Crippen LogP contribution in [0.3, 0.4) is 0 Å². The molecule has 0 bridgehead atoms. The van der Waals surface area contributed by atoms with Gasteiger partial charge >= 0.3 is 0 Å². The van der Waals surface area contributed by atoms with Gasteiger partial charge in [0.05, 0.1) is 11.3 Å². The fraction of sp³-hybridized carbons (Fsp3) is 0. The molecule has 2 aromatic carbocycles. The van der Waals surface area contributed by atoms with Crippen LogP contribution in [0, 0.1) is 0 Å². The van der Waals surface area contributed by atoms with E-state index in [2.05, 4.69) is 15.5 Å². The molecule has 26 heavy (non-hydrogen) atoms. The summed E-state index contributed by atoms with van der Waals surface area (Å²) in [4.78, 5) is 23.2. The Labute approximate surface area is 147 Å². The Morgan fingerprint density at radius 2 is 1.85 bits per heavy atom. The molecule has 0 saturated heterocycles. The number of benzene rings is 2. The Bertz CT molecular complexity index is 1130. The van der Waals surface area contributed by atoms with Gasteiger partial charge in [-0.1, -0.05) is 36.4 Å². The molecule has 2 aromatic heterocycles. The number of carbonyl (C=O) groups excluding carboxylic acids is 2. The molecule has 0 aliphatic rings. The van der Waals surface area contributed by atoms with E-state index in [0.717, 1.165) is 28.3 Å². The molecule has 0 aliphatic heterocycles. The monoisotopic (exact) mass is 346 g/mol. The number of amides is 2. The molecule has 0 spiro atoms. The summed E-state index contributed by atoms with van der Waals surface area (Å²) in [5.74, 6) is -0.857. The molecule has 7 heteroatoms. The Hall–Kier alpha value is -3.87. The number of hydrogen-bond donors (Lipinski definition) is 3. The third-order valence-corrected chi connectivity index (χ3v) is 3.99. The van der Waals surface area contributed by atoms with Crippen LogP contribution in [-0.4, -0.2) is 22.0 Å². The number of primary amides is 1. The number of nitrogens with one attached hydrogen (secondary N) is 2. The molecule has 0 aliphatic carbocycles. The molecule has 0 atom stereocenters. The van der Waals surface area contributed by atoms with E-state index >= 15 is 0 Å². The molecule has 4 aromatic rings. The second-order valence-electron chi connectivity index (χ2n) is 5.75. The predicted molar refractivity (Wildman–Crippen MR) is 96.7 cm³/mol. The zero-order chi connectivity index (χ0) is 18.1. The minimum Gasteiger partial charge on any atom is -0.458 e. The molecule has 128 valence electrons. The van der Waals surface area contributed by atoms with Gasteiger partial charge < -0.3 is 15.5 Å². The lowest BCUT2D eigenvalue weighted by molar-refractivity contribution is 0.0989. The molecule has 0 saturated carbocycles. The predicted octanol–water partition coefficient (Wildman–Crippen LogP) is 3.17. The first-order valence-corrected chi connectivity index (χ1v) is 7.84. The molecule has 0 radical (unpaired) electrons. The van der Waals surface area contributed by atoms with E-state index in [9.17, 15) is 9.59 Å². The van der Waals surface area contributed by atoms with E-state index in [1.165, 1.54) is 6.07 Å². The molecular weight excluding hydrogens is 332 g/mol. The highest BCUT2D eigenvalue weighted by atomic mass is 16.3. The van der Waals surface area contributed by atoms with Crippen molar-refractivity contribution in [1.29, 1.82) is 0 Å². The maximum atomic E-state index is 12.2. The third kappa shape index (κ3) is 2.93. The Balaban J connectivity index is 1.55. The first-order valence-electron chi connectivity index (χ1n) is 7.84. The lowest BCUT2D eigenvalue weighted by Gasteiger charge is -2.01. The second kappa shape index (κ2) is 6.21. The van der Waals surface area contributed by atoms with Crippen molar-refractivity contribution >= 4 is 28.4 Å². The smallest absolute Gasteiger partial charge is 0.292 e. The summed E-state index contributed by atoms with van der Waals surface area (Å²) in [5, 5.41) is 11.9. The SMILES string of the molecule is NC(=O)c1coc(C(=O)Nc2cc(-c3ccc4ccccc4c3)[nH]n2)c1. The number of hydrogen-bond acceptors (Lipinski definition) is 4. The highest BCUT2D eigenvalue weighted by Crippen LogP contribution is 2.24. The standard InChI is InChI=1S/C19H14N4O3/c20-18(24)14-8-16(26-10-14)19(25)21-17-9-15(22-23-17)13-6-5-11-3-1-2-4-12(11)7-13/h1-10H,(H2,20,24)(H2,21,22,23,25). The molecule has 2 heterocycles. The second-order valence-corrected chi connectivity index (χ2v) is 5.75. The largest absolute Gasteiger partial charge is 0.458 e. The van der Waals surface area contributed by atoms with Crippen molar-refractivity contribution < 1.29 is 14.0 Å². The zero-order valence-electron chi connectivity index (χ0n) is 13.5. The van der Waals surface area contributed by atoms with Crippen molar-refractivity contribution in [2.45, 2.75) is 0 Å². The summed E-state index contributed by atoms with van der Waals surface area (Å²) in [5.41, 5.74) is 6.99. The Kier molecular flexibility index (Phi) is 3.74. The molecule has 2 amide bonds. The number of nitrogens with zero attached hydrogens (tertiary/aromatic N) is 1. The van der Waals surface area contributed by atoms with Crippen LogP contribution in [0.5, 0.6) is 0 Å². The highest BCUT2D eigenvalue weighted by Gasteiger charge is 2.15.